The average molecular weight is 1570 g/mol. The lowest BCUT2D eigenvalue weighted by Gasteiger charge is -2.37. The zero-order valence-corrected chi connectivity index (χ0v) is 65.0. The Hall–Kier alpha value is -12.9. The molecule has 5 N–H and O–H groups in total. The molecule has 0 spiro atoms. The van der Waals surface area contributed by atoms with Crippen LogP contribution in [-0.4, -0.2) is 196 Å². The number of anilines is 7. The van der Waals surface area contributed by atoms with Crippen molar-refractivity contribution in [3.05, 3.63) is 259 Å². The van der Waals surface area contributed by atoms with E-state index >= 15 is 0 Å². The van der Waals surface area contributed by atoms with Gasteiger partial charge in [0, 0.05) is 172 Å². The van der Waals surface area contributed by atoms with Crippen molar-refractivity contribution in [2.24, 2.45) is 28.2 Å². The van der Waals surface area contributed by atoms with Crippen LogP contribution < -0.4 is 58.0 Å². The maximum atomic E-state index is 13.0. The standard InChI is InChI=1S/C22H24N4O4S.C21H22N4O2.C20H21N3O5S.C19H20N4O3/c1-24-18-11-7-6-10-17(18)20(19(22(24)28)23-31(2,29)30)25-12-14-26(15-13-25)21(27)16-8-4-3-5-9-16;1-23-17-10-6-5-9-16(17)19(18(22)21(23)27)24-11-13-25(14-12-24)20(26)15-7-3-2-4-8-15;1-21-15-7-4-3-6-14(15)17(18(20(21)25)29(2,26)27)22-9-11-23(12-10-22)19(24)16-8-5-13-28-16;1-21-14-6-3-2-5-13(14)17(16(20)19(21)25)22-8-10-23(11-9-22)18(24)15-7-4-12-26-15/h3-11,23H,12-15H2,1-2H3;2-10H,11-14,22H2,1H3;3-8,13H,9-12H2,1-2H3;2-7,12H,8-11,20H2,1H3. The van der Waals surface area contributed by atoms with Crippen molar-refractivity contribution < 1.29 is 44.8 Å². The largest absolute Gasteiger partial charge is 0.459 e. The Balaban J connectivity index is 0.000000132. The number of rotatable bonds is 11. The van der Waals surface area contributed by atoms with Crippen LogP contribution in [0.4, 0.5) is 39.8 Å². The summed E-state index contributed by atoms with van der Waals surface area (Å²) in [6, 6.07) is 55.2. The zero-order chi connectivity index (χ0) is 80.2. The Morgan fingerprint density at radius 1 is 0.336 bits per heavy atom. The highest BCUT2D eigenvalue weighted by molar-refractivity contribution is 7.92. The van der Waals surface area contributed by atoms with Crippen LogP contribution in [0.5, 0.6) is 0 Å². The van der Waals surface area contributed by atoms with Gasteiger partial charge in [-0.15, -0.1) is 0 Å². The number of para-hydroxylation sites is 4. The second kappa shape index (κ2) is 33.0. The van der Waals surface area contributed by atoms with E-state index in [9.17, 15) is 55.2 Å². The van der Waals surface area contributed by atoms with E-state index in [1.165, 1.54) is 21.7 Å². The highest BCUT2D eigenvalue weighted by atomic mass is 32.2. The molecule has 4 aliphatic heterocycles. The van der Waals surface area contributed by atoms with E-state index in [0.717, 1.165) is 51.1 Å². The molecule has 0 bridgehead atoms. The van der Waals surface area contributed by atoms with E-state index in [2.05, 4.69) is 14.5 Å². The number of sulfone groups is 1. The fraction of sp³-hybridized carbons (Fsp3) is 0.268. The molecule has 0 saturated carbocycles. The predicted octanol–water partition coefficient (Wildman–Crippen LogP) is 7.13. The number of benzene rings is 6. The number of aromatic nitrogens is 4. The van der Waals surface area contributed by atoms with Gasteiger partial charge < -0.3 is 77.8 Å². The highest BCUT2D eigenvalue weighted by Crippen LogP contribution is 2.37. The number of sulfonamides is 1. The van der Waals surface area contributed by atoms with E-state index in [1.807, 2.05) is 154 Å². The first-order valence-electron chi connectivity index (χ1n) is 36.7. The topological polar surface area (TPSA) is 341 Å². The Labute approximate surface area is 650 Å². The number of fused-ring (bicyclic) bond motifs is 4. The monoisotopic (exact) mass is 1570 g/mol. The van der Waals surface area contributed by atoms with Gasteiger partial charge in [-0.05, 0) is 72.8 Å². The van der Waals surface area contributed by atoms with Crippen molar-refractivity contribution in [3.63, 3.8) is 0 Å². The summed E-state index contributed by atoms with van der Waals surface area (Å²) in [5.41, 5.74) is 18.5. The number of nitrogens with zero attached hydrogens (tertiary/aromatic N) is 12. The van der Waals surface area contributed by atoms with Crippen LogP contribution in [0.2, 0.25) is 0 Å². The van der Waals surface area contributed by atoms with Gasteiger partial charge in [0.05, 0.1) is 63.6 Å². The smallest absolute Gasteiger partial charge is 0.289 e. The summed E-state index contributed by atoms with van der Waals surface area (Å²) in [5.74, 6) is 0.301. The van der Waals surface area contributed by atoms with Crippen LogP contribution >= 0.6 is 0 Å². The fourth-order valence-corrected chi connectivity index (χ4v) is 16.6. The number of carbonyl (C=O) groups is 4. The molecule has 4 saturated heterocycles. The maximum Gasteiger partial charge on any atom is 0.289 e. The summed E-state index contributed by atoms with van der Waals surface area (Å²) < 4.78 is 67.8. The predicted molar refractivity (Wildman–Crippen MR) is 440 cm³/mol. The molecule has 0 unspecified atom stereocenters. The Morgan fingerprint density at radius 2 is 0.619 bits per heavy atom. The number of hydrogen-bond acceptors (Lipinski definition) is 20. The van der Waals surface area contributed by atoms with Gasteiger partial charge in [-0.2, -0.15) is 0 Å². The van der Waals surface area contributed by atoms with Crippen LogP contribution in [0.15, 0.2) is 227 Å². The lowest BCUT2D eigenvalue weighted by Crippen LogP contribution is -2.49. The maximum absolute atomic E-state index is 13.0. The minimum atomic E-state index is -3.76. The highest BCUT2D eigenvalue weighted by Gasteiger charge is 2.34. The third-order valence-electron chi connectivity index (χ3n) is 20.8. The fourth-order valence-electron chi connectivity index (χ4n) is 15.0. The molecule has 6 aromatic heterocycles. The second-order valence-corrected chi connectivity index (χ2v) is 31.6. The quantitative estimate of drug-likeness (QED) is 0.116. The minimum absolute atomic E-state index is 0.0338. The summed E-state index contributed by atoms with van der Waals surface area (Å²) in [6.45, 7) is 8.27. The number of nitrogens with two attached hydrogens (primary N) is 2. The number of nitrogen functional groups attached to an aromatic ring is 2. The van der Waals surface area contributed by atoms with Gasteiger partial charge in [0.15, 0.2) is 26.3 Å². The summed E-state index contributed by atoms with van der Waals surface area (Å²) in [4.78, 5) is 116. The Bertz CT molecular complexity index is 6080. The average Bonchev–Trinajstić information content (AvgIpc) is 1.33. The van der Waals surface area contributed by atoms with Crippen LogP contribution in [0.1, 0.15) is 41.8 Å². The summed E-state index contributed by atoms with van der Waals surface area (Å²) >= 11 is 0. The molecule has 586 valence electrons. The first kappa shape index (κ1) is 78.2. The molecule has 12 aromatic rings. The molecular formula is C82H87N15O14S2. The van der Waals surface area contributed by atoms with Gasteiger partial charge >= 0.3 is 0 Å². The lowest BCUT2D eigenvalue weighted by molar-refractivity contribution is 0.0708. The molecule has 4 amide bonds. The van der Waals surface area contributed by atoms with Crippen molar-refractivity contribution in [2.45, 2.75) is 4.90 Å². The first-order valence-corrected chi connectivity index (χ1v) is 40.5. The number of piperazine rings is 4. The van der Waals surface area contributed by atoms with E-state index in [-0.39, 0.29) is 62.5 Å². The normalized spacial score (nSPS) is 14.8. The van der Waals surface area contributed by atoms with Crippen molar-refractivity contribution in [1.82, 2.24) is 37.9 Å². The molecule has 4 aliphatic rings. The SMILES string of the molecule is Cn1c(=O)c(N)c(N2CCN(C(=O)c3ccccc3)CC2)c2ccccc21.Cn1c(=O)c(N)c(N2CCN(C(=O)c3ccco3)CC2)c2ccccc21.Cn1c(=O)c(NS(C)(=O)=O)c(N2CCN(C(=O)c3ccccc3)CC2)c2ccccc21.Cn1c(=O)c(S(C)(=O)=O)c(N2CCN(C(=O)c3ccco3)CC2)c2ccccc21. The zero-order valence-electron chi connectivity index (χ0n) is 63.3. The molecule has 4 fully saturated rings. The molecule has 0 radical (unpaired) electrons. The number of nitrogens with one attached hydrogen (secondary N) is 1. The molecule has 6 aromatic carbocycles. The molecule has 10 heterocycles. The van der Waals surface area contributed by atoms with E-state index in [1.54, 1.807) is 94.5 Å². The van der Waals surface area contributed by atoms with Gasteiger partial charge in [0.1, 0.15) is 17.1 Å². The summed E-state index contributed by atoms with van der Waals surface area (Å²) in [6.07, 6.45) is 5.03. The number of furan rings is 2. The first-order chi connectivity index (χ1) is 54.2. The van der Waals surface area contributed by atoms with Crippen LogP contribution in [0, 0.1) is 0 Å². The second-order valence-electron chi connectivity index (χ2n) is 27.9. The summed E-state index contributed by atoms with van der Waals surface area (Å²) in [5, 5.41) is 3.37. The van der Waals surface area contributed by atoms with E-state index < -0.39 is 31.0 Å². The van der Waals surface area contributed by atoms with Gasteiger partial charge in [-0.3, -0.25) is 43.1 Å². The molecule has 0 aliphatic carbocycles. The molecule has 113 heavy (non-hydrogen) atoms. The Kier molecular flexibility index (Phi) is 22.8. The number of carbonyl (C=O) groups excluding carboxylic acids is 4. The third-order valence-corrected chi connectivity index (χ3v) is 22.5. The molecule has 31 heteroatoms. The van der Waals surface area contributed by atoms with E-state index in [0.29, 0.717) is 149 Å². The van der Waals surface area contributed by atoms with Crippen LogP contribution in [-0.2, 0) is 48.1 Å². The van der Waals surface area contributed by atoms with Crippen molar-refractivity contribution in [2.75, 3.05) is 153 Å². The number of amides is 4. The van der Waals surface area contributed by atoms with Gasteiger partial charge in [-0.1, -0.05) is 109 Å². The van der Waals surface area contributed by atoms with Gasteiger partial charge in [0.2, 0.25) is 10.0 Å². The molecule has 29 nitrogen and oxygen atoms in total. The van der Waals surface area contributed by atoms with E-state index in [4.69, 9.17) is 20.3 Å². The molecule has 0 atom stereocenters. The number of aryl methyl sites for hydroxylation is 4. The van der Waals surface area contributed by atoms with Crippen molar-refractivity contribution >= 4 is 127 Å². The number of pyridine rings is 4. The Morgan fingerprint density at radius 3 is 0.947 bits per heavy atom. The van der Waals surface area contributed by atoms with Crippen LogP contribution in [0.3, 0.4) is 0 Å². The molecule has 16 rings (SSSR count). The van der Waals surface area contributed by atoms with Crippen molar-refractivity contribution in [1.29, 1.82) is 0 Å². The minimum Gasteiger partial charge on any atom is -0.459 e. The summed E-state index contributed by atoms with van der Waals surface area (Å²) in [7, 11) is -0.764. The van der Waals surface area contributed by atoms with Crippen molar-refractivity contribution in [3.8, 4) is 0 Å². The number of hydrogen-bond donors (Lipinski definition) is 3. The van der Waals surface area contributed by atoms with Gasteiger partial charge in [0.25, 0.3) is 45.9 Å². The lowest BCUT2D eigenvalue weighted by atomic mass is 10.1. The third kappa shape index (κ3) is 16.2. The van der Waals surface area contributed by atoms with Crippen LogP contribution in [0.25, 0.3) is 43.6 Å². The van der Waals surface area contributed by atoms with Gasteiger partial charge in [-0.25, -0.2) is 16.8 Å². The molecular weight excluding hydrogens is 1480 g/mol.